The molecule has 1 aliphatic carbocycles. The lowest BCUT2D eigenvalue weighted by atomic mass is 9.82. The van der Waals surface area contributed by atoms with Gasteiger partial charge in [-0.15, -0.1) is 0 Å². The van der Waals surface area contributed by atoms with Crippen molar-refractivity contribution in [3.8, 4) is 5.75 Å². The van der Waals surface area contributed by atoms with Gasteiger partial charge in [-0.25, -0.2) is 9.18 Å². The van der Waals surface area contributed by atoms with Crippen LogP contribution >= 0.6 is 0 Å². The molecule has 3 atom stereocenters. The number of para-hydroxylation sites is 1. The van der Waals surface area contributed by atoms with Crippen LogP contribution in [-0.2, 0) is 19.0 Å². The second-order valence-electron chi connectivity index (χ2n) is 10.8. The number of nitrogens with one attached hydrogen (secondary N) is 1. The standard InChI is InChI=1S/C26H37FN2O6/c1-25(2,3)35-24(31)29-14-13-26(16-34-22(27)23(30)28-26)21(29)15-33-18-11-9-17(10-12-18)19-7-5-6-8-20(19)32-4/h5-8,17-18,21-22H,9-16H2,1-4H3,(H,28,30). The van der Waals surface area contributed by atoms with Gasteiger partial charge in [0, 0.05) is 6.54 Å². The van der Waals surface area contributed by atoms with E-state index in [-0.39, 0.29) is 19.3 Å². The van der Waals surface area contributed by atoms with Gasteiger partial charge in [-0.05, 0) is 70.4 Å². The van der Waals surface area contributed by atoms with E-state index in [1.165, 1.54) is 5.56 Å². The second kappa shape index (κ2) is 10.3. The monoisotopic (exact) mass is 492 g/mol. The maximum atomic E-state index is 13.7. The van der Waals surface area contributed by atoms with Crippen LogP contribution in [0.2, 0.25) is 0 Å². The maximum Gasteiger partial charge on any atom is 0.410 e. The molecular weight excluding hydrogens is 455 g/mol. The fourth-order valence-electron chi connectivity index (χ4n) is 5.45. The summed E-state index contributed by atoms with van der Waals surface area (Å²) in [5.41, 5.74) is -0.335. The molecular formula is C26H37FN2O6. The number of halogens is 1. The largest absolute Gasteiger partial charge is 0.496 e. The van der Waals surface area contributed by atoms with E-state index in [1.54, 1.807) is 12.0 Å². The number of nitrogens with zero attached hydrogens (tertiary/aromatic N) is 1. The van der Waals surface area contributed by atoms with Gasteiger partial charge in [0.15, 0.2) is 0 Å². The van der Waals surface area contributed by atoms with Crippen molar-refractivity contribution in [1.29, 1.82) is 0 Å². The number of methoxy groups -OCH3 is 1. The Labute approximate surface area is 206 Å². The number of likely N-dealkylation sites (tertiary alicyclic amines) is 1. The molecule has 1 N–H and O–H groups in total. The average molecular weight is 493 g/mol. The van der Waals surface area contributed by atoms with Crippen molar-refractivity contribution in [2.75, 3.05) is 26.9 Å². The van der Waals surface area contributed by atoms with Crippen molar-refractivity contribution in [2.24, 2.45) is 0 Å². The molecule has 0 bridgehead atoms. The summed E-state index contributed by atoms with van der Waals surface area (Å²) >= 11 is 0. The first kappa shape index (κ1) is 25.7. The summed E-state index contributed by atoms with van der Waals surface area (Å²) < 4.78 is 36.3. The van der Waals surface area contributed by atoms with E-state index in [0.29, 0.717) is 18.9 Å². The molecule has 2 aliphatic heterocycles. The molecule has 3 unspecified atom stereocenters. The average Bonchev–Trinajstić information content (AvgIpc) is 3.17. The smallest absolute Gasteiger partial charge is 0.410 e. The first-order valence-electron chi connectivity index (χ1n) is 12.4. The van der Waals surface area contributed by atoms with Crippen molar-refractivity contribution in [3.63, 3.8) is 0 Å². The second-order valence-corrected chi connectivity index (χ2v) is 10.8. The summed E-state index contributed by atoms with van der Waals surface area (Å²) in [6.07, 6.45) is 1.71. The van der Waals surface area contributed by atoms with Crippen molar-refractivity contribution in [3.05, 3.63) is 29.8 Å². The van der Waals surface area contributed by atoms with Gasteiger partial charge in [0.05, 0.1) is 38.0 Å². The van der Waals surface area contributed by atoms with Crippen molar-refractivity contribution >= 4 is 12.0 Å². The number of rotatable bonds is 5. The molecule has 1 spiro atoms. The number of amides is 2. The molecule has 9 heteroatoms. The van der Waals surface area contributed by atoms with Crippen molar-refractivity contribution in [1.82, 2.24) is 10.2 Å². The topological polar surface area (TPSA) is 86.3 Å². The number of benzene rings is 1. The number of morpholine rings is 1. The summed E-state index contributed by atoms with van der Waals surface area (Å²) in [6, 6.07) is 7.61. The highest BCUT2D eigenvalue weighted by molar-refractivity contribution is 5.81. The van der Waals surface area contributed by atoms with Gasteiger partial charge in [0.1, 0.15) is 11.4 Å². The molecule has 1 aromatic rings. The Hall–Kier alpha value is -2.39. The Balaban J connectivity index is 1.41. The highest BCUT2D eigenvalue weighted by Crippen LogP contribution is 2.39. The zero-order valence-electron chi connectivity index (χ0n) is 21.1. The first-order valence-corrected chi connectivity index (χ1v) is 12.4. The highest BCUT2D eigenvalue weighted by atomic mass is 19.1. The molecule has 2 saturated heterocycles. The highest BCUT2D eigenvalue weighted by Gasteiger charge is 2.54. The van der Waals surface area contributed by atoms with Crippen molar-refractivity contribution in [2.45, 2.75) is 88.4 Å². The summed E-state index contributed by atoms with van der Waals surface area (Å²) in [5, 5.41) is 2.79. The van der Waals surface area contributed by atoms with Gasteiger partial charge in [0.25, 0.3) is 12.3 Å². The van der Waals surface area contributed by atoms with Crippen molar-refractivity contribution < 1.29 is 32.9 Å². The number of ether oxygens (including phenoxy) is 4. The molecule has 2 amide bonds. The third kappa shape index (κ3) is 5.72. The molecule has 4 rings (SSSR count). The van der Waals surface area contributed by atoms with Crippen LogP contribution in [0.1, 0.15) is 64.4 Å². The van der Waals surface area contributed by atoms with Gasteiger partial charge in [-0.1, -0.05) is 18.2 Å². The van der Waals surface area contributed by atoms with E-state index < -0.39 is 35.5 Å². The summed E-state index contributed by atoms with van der Waals surface area (Å²) in [4.78, 5) is 26.7. The van der Waals surface area contributed by atoms with E-state index in [9.17, 15) is 14.0 Å². The minimum absolute atomic E-state index is 0.0201. The van der Waals surface area contributed by atoms with Gasteiger partial charge in [0.2, 0.25) is 0 Å². The summed E-state index contributed by atoms with van der Waals surface area (Å²) in [7, 11) is 1.69. The zero-order valence-corrected chi connectivity index (χ0v) is 21.1. The quantitative estimate of drug-likeness (QED) is 0.670. The van der Waals surface area contributed by atoms with Crippen LogP contribution in [0.15, 0.2) is 24.3 Å². The predicted octanol–water partition coefficient (Wildman–Crippen LogP) is 3.93. The molecule has 35 heavy (non-hydrogen) atoms. The number of hydrogen-bond donors (Lipinski definition) is 1. The summed E-state index contributed by atoms with van der Waals surface area (Å²) in [6.45, 7) is 5.98. The van der Waals surface area contributed by atoms with Crippen LogP contribution in [-0.4, -0.2) is 73.4 Å². The van der Waals surface area contributed by atoms with Crippen LogP contribution in [0.3, 0.4) is 0 Å². The van der Waals surface area contributed by atoms with E-state index in [2.05, 4.69) is 11.4 Å². The lowest BCUT2D eigenvalue weighted by Crippen LogP contribution is -2.66. The van der Waals surface area contributed by atoms with Crippen LogP contribution < -0.4 is 10.1 Å². The van der Waals surface area contributed by atoms with Crippen LogP contribution in [0.25, 0.3) is 0 Å². The lowest BCUT2D eigenvalue weighted by molar-refractivity contribution is -0.165. The van der Waals surface area contributed by atoms with Gasteiger partial charge >= 0.3 is 6.09 Å². The Morgan fingerprint density at radius 2 is 1.94 bits per heavy atom. The molecule has 1 aromatic carbocycles. The molecule has 0 radical (unpaired) electrons. The van der Waals surface area contributed by atoms with E-state index in [4.69, 9.17) is 18.9 Å². The number of hydrogen-bond acceptors (Lipinski definition) is 6. The van der Waals surface area contributed by atoms with E-state index in [1.807, 2.05) is 39.0 Å². The Morgan fingerprint density at radius 3 is 2.60 bits per heavy atom. The van der Waals surface area contributed by atoms with E-state index >= 15 is 0 Å². The predicted molar refractivity (Wildman–Crippen MR) is 127 cm³/mol. The maximum absolute atomic E-state index is 13.7. The number of carbonyl (C=O) groups is 2. The Morgan fingerprint density at radius 1 is 1.23 bits per heavy atom. The normalized spacial score (nSPS) is 31.3. The molecule has 0 aromatic heterocycles. The lowest BCUT2D eigenvalue weighted by Gasteiger charge is -2.42. The fourth-order valence-corrected chi connectivity index (χ4v) is 5.45. The minimum Gasteiger partial charge on any atom is -0.496 e. The van der Waals surface area contributed by atoms with Crippen LogP contribution in [0.4, 0.5) is 9.18 Å². The van der Waals surface area contributed by atoms with Crippen LogP contribution in [0.5, 0.6) is 5.75 Å². The molecule has 8 nitrogen and oxygen atoms in total. The van der Waals surface area contributed by atoms with Gasteiger partial charge in [-0.2, -0.15) is 0 Å². The molecule has 1 saturated carbocycles. The number of alkyl halides is 1. The SMILES string of the molecule is COc1ccccc1C1CCC(OCC2N(C(=O)OC(C)(C)C)CCC23COC(F)C(=O)N3)CC1. The molecule has 194 valence electrons. The molecule has 3 fully saturated rings. The van der Waals surface area contributed by atoms with Gasteiger partial charge in [-0.3, -0.25) is 4.79 Å². The minimum atomic E-state index is -2.00. The summed E-state index contributed by atoms with van der Waals surface area (Å²) in [5.74, 6) is 0.510. The third-order valence-electron chi connectivity index (χ3n) is 7.25. The molecule has 3 aliphatic rings. The number of carbonyl (C=O) groups excluding carboxylic acids is 2. The first-order chi connectivity index (χ1) is 16.6. The van der Waals surface area contributed by atoms with E-state index in [0.717, 1.165) is 31.4 Å². The third-order valence-corrected chi connectivity index (χ3v) is 7.25. The fraction of sp³-hybridized carbons (Fsp3) is 0.692. The Bertz CT molecular complexity index is 913. The van der Waals surface area contributed by atoms with Crippen LogP contribution in [0, 0.1) is 0 Å². The zero-order chi connectivity index (χ0) is 25.2. The Kier molecular flexibility index (Phi) is 7.57. The molecule has 2 heterocycles. The van der Waals surface area contributed by atoms with Gasteiger partial charge < -0.3 is 29.2 Å².